The number of carboxylic acid groups (broad SMARTS) is 1. The van der Waals surface area contributed by atoms with Crippen molar-refractivity contribution in [2.45, 2.75) is 0 Å². The maximum Gasteiger partial charge on any atom is 1.00 e. The van der Waals surface area contributed by atoms with Gasteiger partial charge in [-0.05, 0) is 0 Å². The van der Waals surface area contributed by atoms with Gasteiger partial charge in [0.1, 0.15) is 0 Å². The third-order valence-corrected chi connectivity index (χ3v) is 0. The van der Waals surface area contributed by atoms with Crippen LogP contribution in [0, 0.1) is 0 Å². The maximum atomic E-state index is 9.92. The van der Waals surface area contributed by atoms with Gasteiger partial charge in [-0.25, -0.2) is 4.79 Å². The number of hydrogen-bond acceptors (Lipinski definition) is 1. The first kappa shape index (κ1) is 9.04. The van der Waals surface area contributed by atoms with Gasteiger partial charge < -0.3 is 6.53 Å². The Morgan fingerprint density at radius 3 is 2.00 bits per heavy atom. The van der Waals surface area contributed by atoms with E-state index >= 15 is 0 Å². The van der Waals surface area contributed by atoms with Crippen LogP contribution in [-0.2, 0) is 0 Å². The Hall–Kier alpha value is 0.400. The molecular weight excluding hydrogens is 86.0 g/mol. The molecule has 0 aliphatic rings. The first-order chi connectivity index (χ1) is 1.73. The van der Waals surface area contributed by atoms with Crippen LogP contribution in [0.2, 0.25) is 0 Å². The maximum absolute atomic E-state index is 9.92. The fraction of sp³-hybridized carbons (Fsp3) is 0. The van der Waals surface area contributed by atoms with Gasteiger partial charge in [0.05, 0.1) is 0 Å². The summed E-state index contributed by atoms with van der Waals surface area (Å²) < 4.78 is 9.92. The molecule has 0 aromatic carbocycles. The van der Waals surface area contributed by atoms with Gasteiger partial charge >= 0.3 is 35.8 Å². The Labute approximate surface area is 51.8 Å². The van der Waals surface area contributed by atoms with E-state index in [4.69, 9.17) is 9.90 Å². The van der Waals surface area contributed by atoms with Crippen molar-refractivity contribution < 1.29 is 45.3 Å². The Balaban J connectivity index is -0.0000000450. The molecule has 0 aliphatic heterocycles. The molecular formula is CH2FNaO2. The molecule has 0 saturated heterocycles. The van der Waals surface area contributed by atoms with Crippen LogP contribution >= 0.6 is 0 Å². The minimum absolute atomic E-state index is 0. The molecule has 2 nitrogen and oxygen atoms in total. The van der Waals surface area contributed by atoms with E-state index in [-0.39, 0.29) is 31.0 Å². The molecule has 0 spiro atoms. The predicted molar refractivity (Wildman–Crippen MR) is 10.2 cm³/mol. The molecule has 0 bridgehead atoms. The molecule has 0 aromatic heterocycles. The normalized spacial score (nSPS) is 5.00. The van der Waals surface area contributed by atoms with Gasteiger partial charge in [-0.3, -0.25) is 0 Å². The minimum Gasteiger partial charge on any atom is -1.00 e. The minimum atomic E-state index is -2.33. The van der Waals surface area contributed by atoms with Crippen LogP contribution in [0.5, 0.6) is 0 Å². The predicted octanol–water partition coefficient (Wildman–Crippen LogP) is -2.25. The van der Waals surface area contributed by atoms with Gasteiger partial charge in [0, 0.05) is 0 Å². The molecule has 0 saturated carbocycles. The molecule has 0 amide bonds. The van der Waals surface area contributed by atoms with Crippen LogP contribution in [0.25, 0.3) is 0 Å². The van der Waals surface area contributed by atoms with E-state index in [2.05, 4.69) is 0 Å². The van der Waals surface area contributed by atoms with Crippen molar-refractivity contribution in [1.82, 2.24) is 0 Å². The van der Waals surface area contributed by atoms with Gasteiger partial charge in [0.15, 0.2) is 0 Å². The van der Waals surface area contributed by atoms with Crippen molar-refractivity contribution in [1.29, 1.82) is 0 Å². The van der Waals surface area contributed by atoms with Crippen molar-refractivity contribution >= 4 is 6.22 Å². The largest absolute Gasteiger partial charge is 1.00 e. The van der Waals surface area contributed by atoms with Crippen molar-refractivity contribution in [2.75, 3.05) is 0 Å². The second kappa shape index (κ2) is 4.40. The van der Waals surface area contributed by atoms with Gasteiger partial charge in [-0.1, -0.05) is 0 Å². The van der Waals surface area contributed by atoms with Crippen LogP contribution in [-0.4, -0.2) is 11.3 Å². The molecule has 1 N–H and O–H groups in total. The molecule has 0 unspecified atom stereocenters. The zero-order valence-corrected chi connectivity index (χ0v) is 4.73. The van der Waals surface area contributed by atoms with Crippen LogP contribution < -0.4 is 29.6 Å². The molecule has 0 atom stereocenters. The van der Waals surface area contributed by atoms with Gasteiger partial charge in [0.2, 0.25) is 0 Å². The van der Waals surface area contributed by atoms with E-state index in [1.54, 1.807) is 0 Å². The van der Waals surface area contributed by atoms with E-state index in [0.717, 1.165) is 0 Å². The van der Waals surface area contributed by atoms with Gasteiger partial charge in [0.25, 0.3) is 0 Å². The average Bonchev–Trinajstić information content (AvgIpc) is 0.811. The molecule has 5 heavy (non-hydrogen) atoms. The third kappa shape index (κ3) is 158. The molecule has 0 fully saturated rings. The van der Waals surface area contributed by atoms with Crippen molar-refractivity contribution in [3.05, 3.63) is 0 Å². The Kier molecular flexibility index (Phi) is 7.96. The summed E-state index contributed by atoms with van der Waals surface area (Å²) in [5.41, 5.74) is 0. The second-order valence-electron chi connectivity index (χ2n) is 0.253. The summed E-state index contributed by atoms with van der Waals surface area (Å²) in [5, 5.41) is 6.75. The second-order valence-corrected chi connectivity index (χ2v) is 0.253. The number of halogens is 1. The summed E-state index contributed by atoms with van der Waals surface area (Å²) in [6.07, 6.45) is -2.33. The monoisotopic (exact) mass is 88.0 g/mol. The van der Waals surface area contributed by atoms with Crippen LogP contribution in [0.4, 0.5) is 9.18 Å². The first-order valence-electron chi connectivity index (χ1n) is 0.617. The van der Waals surface area contributed by atoms with E-state index in [1.165, 1.54) is 0 Å². The van der Waals surface area contributed by atoms with Crippen molar-refractivity contribution in [3.63, 3.8) is 0 Å². The summed E-state index contributed by atoms with van der Waals surface area (Å²) >= 11 is 0. The average molecular weight is 88.0 g/mol. The summed E-state index contributed by atoms with van der Waals surface area (Å²) in [6, 6.07) is 0. The molecule has 0 heterocycles. The number of hydrogen-bond donors (Lipinski definition) is 1. The zero-order valence-electron chi connectivity index (χ0n) is 3.73. The molecule has 4 heteroatoms. The topological polar surface area (TPSA) is 37.3 Å². The number of rotatable bonds is 0. The fourth-order valence-corrected chi connectivity index (χ4v) is 0. The SMILES string of the molecule is O=C(O)F.[H-].[Na+]. The van der Waals surface area contributed by atoms with Gasteiger partial charge in [-0.2, -0.15) is 0 Å². The quantitative estimate of drug-likeness (QED) is 0.268. The molecule has 0 radical (unpaired) electrons. The smallest absolute Gasteiger partial charge is 1.00 e. The molecule has 26 valence electrons. The van der Waals surface area contributed by atoms with Crippen LogP contribution in [0.1, 0.15) is 1.43 Å². The molecule has 0 aromatic rings. The molecule has 0 rings (SSSR count). The van der Waals surface area contributed by atoms with E-state index < -0.39 is 6.22 Å². The van der Waals surface area contributed by atoms with E-state index in [1.807, 2.05) is 0 Å². The molecule has 0 aliphatic carbocycles. The Bertz CT molecular complexity index is 36.5. The van der Waals surface area contributed by atoms with Crippen LogP contribution in [0.3, 0.4) is 0 Å². The fourth-order valence-electron chi connectivity index (χ4n) is 0. The standard InChI is InChI=1S/CHFO2.Na.H/c2-1(3)4;;/h(H,3,4);;/q;+1;-1. The summed E-state index contributed by atoms with van der Waals surface area (Å²) in [6.45, 7) is 0. The zero-order chi connectivity index (χ0) is 3.58. The van der Waals surface area contributed by atoms with Gasteiger partial charge in [-0.15, -0.1) is 4.39 Å². The summed E-state index contributed by atoms with van der Waals surface area (Å²) in [4.78, 5) is 8.33. The number of carbonyl (C=O) groups is 1. The van der Waals surface area contributed by atoms with Crippen molar-refractivity contribution in [2.24, 2.45) is 0 Å². The summed E-state index contributed by atoms with van der Waals surface area (Å²) in [5.74, 6) is 0. The van der Waals surface area contributed by atoms with E-state index in [0.29, 0.717) is 0 Å². The van der Waals surface area contributed by atoms with E-state index in [9.17, 15) is 4.39 Å². The Morgan fingerprint density at radius 1 is 2.00 bits per heavy atom. The Morgan fingerprint density at radius 2 is 2.00 bits per heavy atom. The van der Waals surface area contributed by atoms with Crippen LogP contribution in [0.15, 0.2) is 0 Å². The third-order valence-electron chi connectivity index (χ3n) is 0. The summed E-state index contributed by atoms with van der Waals surface area (Å²) in [7, 11) is 0. The first-order valence-corrected chi connectivity index (χ1v) is 0.617. The van der Waals surface area contributed by atoms with Crippen molar-refractivity contribution in [3.8, 4) is 0 Å².